The average molecular weight is 661 g/mol. The molecule has 1 N–H and O–H groups in total. The number of aromatic nitrogens is 7. The summed E-state index contributed by atoms with van der Waals surface area (Å²) in [5, 5.41) is 14.6. The van der Waals surface area contributed by atoms with Crippen molar-refractivity contribution in [2.24, 2.45) is 0 Å². The molecule has 1 aromatic carbocycles. The van der Waals surface area contributed by atoms with Crippen molar-refractivity contribution in [3.05, 3.63) is 99.2 Å². The minimum atomic E-state index is -1.04. The standard InChI is InChI=1S/C36H36N8O5/c1-21-16-36(12-14-42(15-13-36)34(48)29-31(22(2)38-20-39-29)49-19-23-6-4-3-5-7-23)28-30(21)43(18-27(45)46)35-40-32(41-44(35)33(28)47)25-10-11-26(37-17-25)24-8-9-24/h3-7,10-11,17,20-21,24H,8-9,12-16,18-19H2,1-2H3,(H,45,46). The predicted octanol–water partition coefficient (Wildman–Crippen LogP) is 4.27. The van der Waals surface area contributed by atoms with Crippen LogP contribution in [0.5, 0.6) is 5.75 Å². The molecule has 250 valence electrons. The average Bonchev–Trinajstić information content (AvgIpc) is 3.79. The number of carboxylic acids is 1. The molecule has 1 aliphatic heterocycles. The molecule has 8 rings (SSSR count). The lowest BCUT2D eigenvalue weighted by Gasteiger charge is -2.39. The summed E-state index contributed by atoms with van der Waals surface area (Å²) in [6.07, 6.45) is 7.08. The van der Waals surface area contributed by atoms with E-state index in [0.29, 0.717) is 72.4 Å². The fourth-order valence-corrected chi connectivity index (χ4v) is 7.70. The molecule has 1 saturated heterocycles. The second-order valence-corrected chi connectivity index (χ2v) is 13.5. The number of carbonyl (C=O) groups excluding carboxylic acids is 1. The maximum atomic E-state index is 14.4. The third-order valence-corrected chi connectivity index (χ3v) is 10.2. The molecular formula is C36H36N8O5. The highest BCUT2D eigenvalue weighted by atomic mass is 16.5. The van der Waals surface area contributed by atoms with Gasteiger partial charge in [-0.3, -0.25) is 19.4 Å². The molecule has 1 saturated carbocycles. The topological polar surface area (TPSA) is 158 Å². The van der Waals surface area contributed by atoms with Crippen LogP contribution < -0.4 is 10.3 Å². The number of fused-ring (bicyclic) bond motifs is 3. The second kappa shape index (κ2) is 11.9. The van der Waals surface area contributed by atoms with E-state index in [-0.39, 0.29) is 42.0 Å². The van der Waals surface area contributed by atoms with Gasteiger partial charge >= 0.3 is 5.97 Å². The summed E-state index contributed by atoms with van der Waals surface area (Å²) in [6, 6.07) is 13.6. The summed E-state index contributed by atoms with van der Waals surface area (Å²) >= 11 is 0. The number of amides is 1. The van der Waals surface area contributed by atoms with Crippen LogP contribution >= 0.6 is 0 Å². The van der Waals surface area contributed by atoms with Crippen LogP contribution in [0.1, 0.15) is 89.6 Å². The van der Waals surface area contributed by atoms with Crippen LogP contribution in [0.3, 0.4) is 0 Å². The van der Waals surface area contributed by atoms with Crippen LogP contribution in [0, 0.1) is 6.92 Å². The molecule has 2 aliphatic carbocycles. The Morgan fingerprint density at radius 2 is 1.82 bits per heavy atom. The zero-order valence-electron chi connectivity index (χ0n) is 27.4. The van der Waals surface area contributed by atoms with E-state index in [1.807, 2.05) is 49.4 Å². The number of aliphatic carboxylic acids is 1. The van der Waals surface area contributed by atoms with Crippen molar-refractivity contribution in [3.8, 4) is 17.1 Å². The van der Waals surface area contributed by atoms with E-state index in [4.69, 9.17) is 4.74 Å². The molecule has 5 aromatic rings. The van der Waals surface area contributed by atoms with Crippen molar-refractivity contribution in [1.29, 1.82) is 0 Å². The SMILES string of the molecule is Cc1ncnc(C(=O)N2CCC3(CC2)CC(C)c2c3c(=O)n3nc(-c4ccc(C5CC5)nc4)nc3n2CC(=O)O)c1OCc1ccccc1. The molecule has 1 atom stereocenters. The second-order valence-electron chi connectivity index (χ2n) is 13.5. The van der Waals surface area contributed by atoms with Gasteiger partial charge in [-0.25, -0.2) is 9.97 Å². The van der Waals surface area contributed by atoms with Gasteiger partial charge in [0.2, 0.25) is 5.78 Å². The summed E-state index contributed by atoms with van der Waals surface area (Å²) in [5.74, 6) is -0.0152. The van der Waals surface area contributed by atoms with Gasteiger partial charge < -0.3 is 19.3 Å². The van der Waals surface area contributed by atoms with E-state index in [0.717, 1.165) is 24.1 Å². The van der Waals surface area contributed by atoms with Gasteiger partial charge in [-0.05, 0) is 62.6 Å². The van der Waals surface area contributed by atoms with Crippen molar-refractivity contribution in [2.45, 2.75) is 76.4 Å². The van der Waals surface area contributed by atoms with Crippen LogP contribution in [-0.2, 0) is 23.4 Å². The Morgan fingerprint density at radius 1 is 1.04 bits per heavy atom. The molecule has 1 spiro atoms. The number of benzene rings is 1. The Bertz CT molecular complexity index is 2150. The number of aryl methyl sites for hydroxylation is 1. The molecule has 2 fully saturated rings. The van der Waals surface area contributed by atoms with Crippen LogP contribution in [0.4, 0.5) is 0 Å². The number of likely N-dealkylation sites (tertiary alicyclic amines) is 1. The number of hydrogen-bond donors (Lipinski definition) is 1. The lowest BCUT2D eigenvalue weighted by atomic mass is 9.73. The maximum absolute atomic E-state index is 14.4. The van der Waals surface area contributed by atoms with Gasteiger partial charge in [-0.15, -0.1) is 5.10 Å². The first-order valence-corrected chi connectivity index (χ1v) is 16.7. The van der Waals surface area contributed by atoms with E-state index in [1.165, 1.54) is 10.8 Å². The van der Waals surface area contributed by atoms with Gasteiger partial charge in [0, 0.05) is 53.1 Å². The number of hydrogen-bond acceptors (Lipinski definition) is 9. The number of nitrogens with zero attached hydrogens (tertiary/aromatic N) is 8. The van der Waals surface area contributed by atoms with Crippen molar-refractivity contribution in [1.82, 2.24) is 39.0 Å². The fourth-order valence-electron chi connectivity index (χ4n) is 7.70. The minimum Gasteiger partial charge on any atom is -0.485 e. The number of rotatable bonds is 8. The largest absolute Gasteiger partial charge is 0.485 e. The zero-order chi connectivity index (χ0) is 33.9. The zero-order valence-corrected chi connectivity index (χ0v) is 27.4. The van der Waals surface area contributed by atoms with Gasteiger partial charge in [-0.2, -0.15) is 9.50 Å². The smallest absolute Gasteiger partial charge is 0.323 e. The highest BCUT2D eigenvalue weighted by molar-refractivity contribution is 5.95. The Hall–Kier alpha value is -5.46. The first-order valence-electron chi connectivity index (χ1n) is 16.7. The molecule has 3 aliphatic rings. The molecular weight excluding hydrogens is 624 g/mol. The van der Waals surface area contributed by atoms with Gasteiger partial charge in [-0.1, -0.05) is 37.3 Å². The molecule has 0 radical (unpaired) electrons. The summed E-state index contributed by atoms with van der Waals surface area (Å²) < 4.78 is 8.98. The number of carboxylic acid groups (broad SMARTS) is 1. The highest BCUT2D eigenvalue weighted by Crippen LogP contribution is 2.50. The van der Waals surface area contributed by atoms with Gasteiger partial charge in [0.15, 0.2) is 17.3 Å². The molecule has 5 heterocycles. The van der Waals surface area contributed by atoms with Gasteiger partial charge in [0.05, 0.1) is 5.69 Å². The minimum absolute atomic E-state index is 0.101. The van der Waals surface area contributed by atoms with Gasteiger partial charge in [0.25, 0.3) is 11.5 Å². The molecule has 0 bridgehead atoms. The lowest BCUT2D eigenvalue weighted by Crippen LogP contribution is -2.47. The quantitative estimate of drug-likeness (QED) is 0.255. The third kappa shape index (κ3) is 5.42. The highest BCUT2D eigenvalue weighted by Gasteiger charge is 2.49. The summed E-state index contributed by atoms with van der Waals surface area (Å²) in [5.41, 5.74) is 3.85. The third-order valence-electron chi connectivity index (χ3n) is 10.2. The summed E-state index contributed by atoms with van der Waals surface area (Å²) in [7, 11) is 0. The van der Waals surface area contributed by atoms with Crippen molar-refractivity contribution in [2.75, 3.05) is 13.1 Å². The molecule has 1 amide bonds. The summed E-state index contributed by atoms with van der Waals surface area (Å²) in [6.45, 7) is 4.52. The Kier molecular flexibility index (Phi) is 7.49. The van der Waals surface area contributed by atoms with E-state index in [9.17, 15) is 19.5 Å². The van der Waals surface area contributed by atoms with Crippen molar-refractivity contribution >= 4 is 17.7 Å². The number of piperidine rings is 1. The van der Waals surface area contributed by atoms with E-state index < -0.39 is 11.4 Å². The monoisotopic (exact) mass is 660 g/mol. The predicted molar refractivity (Wildman–Crippen MR) is 177 cm³/mol. The molecule has 1 unspecified atom stereocenters. The molecule has 13 nitrogen and oxygen atoms in total. The van der Waals surface area contributed by atoms with Crippen LogP contribution in [0.25, 0.3) is 17.2 Å². The first kappa shape index (κ1) is 30.8. The maximum Gasteiger partial charge on any atom is 0.323 e. The van der Waals surface area contributed by atoms with Gasteiger partial charge in [0.1, 0.15) is 19.5 Å². The Balaban J connectivity index is 1.10. The van der Waals surface area contributed by atoms with Crippen LogP contribution in [0.2, 0.25) is 0 Å². The Labute approximate surface area is 281 Å². The van der Waals surface area contributed by atoms with E-state index in [2.05, 4.69) is 25.0 Å². The number of pyridine rings is 1. The van der Waals surface area contributed by atoms with E-state index >= 15 is 0 Å². The van der Waals surface area contributed by atoms with Crippen LogP contribution in [-0.4, -0.2) is 69.1 Å². The fraction of sp³-hybridized carbons (Fsp3) is 0.389. The summed E-state index contributed by atoms with van der Waals surface area (Å²) in [4.78, 5) is 60.0. The van der Waals surface area contributed by atoms with Crippen molar-refractivity contribution < 1.29 is 19.4 Å². The van der Waals surface area contributed by atoms with Crippen LogP contribution in [0.15, 0.2) is 59.8 Å². The normalized spacial score (nSPS) is 18.2. The molecule has 13 heteroatoms. The van der Waals surface area contributed by atoms with E-state index in [1.54, 1.807) is 22.6 Å². The number of ether oxygens (including phenoxy) is 1. The molecule has 4 aromatic heterocycles. The first-order chi connectivity index (χ1) is 23.7. The van der Waals surface area contributed by atoms with Crippen molar-refractivity contribution in [3.63, 3.8) is 0 Å². The lowest BCUT2D eigenvalue weighted by molar-refractivity contribution is -0.137. The molecule has 49 heavy (non-hydrogen) atoms. The Morgan fingerprint density at radius 3 is 2.51 bits per heavy atom. The number of carbonyl (C=O) groups is 2.